The summed E-state index contributed by atoms with van der Waals surface area (Å²) in [5.74, 6) is 0.695. The van der Waals surface area contributed by atoms with E-state index in [4.69, 9.17) is 0 Å². The fraction of sp³-hybridized carbons (Fsp3) is 0.0625. The normalized spacial score (nSPS) is 18.0. The molecule has 0 bridgehead atoms. The molecule has 0 aliphatic heterocycles. The van der Waals surface area contributed by atoms with Crippen molar-refractivity contribution in [3.63, 3.8) is 0 Å². The Hall–Kier alpha value is -4.10. The summed E-state index contributed by atoms with van der Waals surface area (Å²) < 4.78 is 0. The second kappa shape index (κ2) is 8.44. The molecule has 0 fully saturated rings. The highest BCUT2D eigenvalue weighted by Gasteiger charge is 2.37. The van der Waals surface area contributed by atoms with E-state index in [1.807, 2.05) is 6.07 Å². The van der Waals surface area contributed by atoms with Gasteiger partial charge in [0.05, 0.1) is 0 Å². The van der Waals surface area contributed by atoms with Crippen LogP contribution >= 0.6 is 0 Å². The SMILES string of the molecule is C1=CC2C(=C(c3ccccc3)c3ccccc3)c3cc(Nc4ccccc4)ccc3C2C=C1. The summed E-state index contributed by atoms with van der Waals surface area (Å²) >= 11 is 0. The molecule has 2 unspecified atom stereocenters. The molecule has 0 saturated heterocycles. The van der Waals surface area contributed by atoms with E-state index in [-0.39, 0.29) is 0 Å². The van der Waals surface area contributed by atoms with Crippen LogP contribution in [0.15, 0.2) is 133 Å². The molecule has 1 nitrogen and oxygen atoms in total. The standard InChI is InChI=1S/C32H25N/c1-4-12-23(13-5-1)31(24-14-6-2-7-15-24)32-29-19-11-10-18-27(29)28-21-20-26(22-30(28)32)33-25-16-8-3-9-17-25/h1-22,27,29,33H. The quantitative estimate of drug-likeness (QED) is 0.348. The van der Waals surface area contributed by atoms with Crippen molar-refractivity contribution in [2.75, 3.05) is 5.32 Å². The molecule has 4 aromatic rings. The molecule has 4 aromatic carbocycles. The molecule has 2 atom stereocenters. The Balaban J connectivity index is 1.59. The lowest BCUT2D eigenvalue weighted by molar-refractivity contribution is 0.753. The maximum Gasteiger partial charge on any atom is 0.0390 e. The van der Waals surface area contributed by atoms with Gasteiger partial charge >= 0.3 is 0 Å². The maximum absolute atomic E-state index is 3.60. The molecule has 2 aliphatic rings. The molecule has 2 aliphatic carbocycles. The van der Waals surface area contributed by atoms with Crippen molar-refractivity contribution in [1.82, 2.24) is 0 Å². The number of hydrogen-bond donors (Lipinski definition) is 1. The van der Waals surface area contributed by atoms with E-state index in [1.54, 1.807) is 0 Å². The highest BCUT2D eigenvalue weighted by molar-refractivity contribution is 6.03. The zero-order valence-corrected chi connectivity index (χ0v) is 18.4. The molecule has 6 rings (SSSR count). The van der Waals surface area contributed by atoms with Crippen LogP contribution in [-0.4, -0.2) is 0 Å². The average Bonchev–Trinajstić information content (AvgIpc) is 3.20. The van der Waals surface area contributed by atoms with E-state index in [0.29, 0.717) is 11.8 Å². The number of allylic oxidation sites excluding steroid dienone is 5. The lowest BCUT2D eigenvalue weighted by Crippen LogP contribution is -2.06. The highest BCUT2D eigenvalue weighted by atomic mass is 14.9. The fourth-order valence-corrected chi connectivity index (χ4v) is 5.19. The van der Waals surface area contributed by atoms with Crippen molar-refractivity contribution in [2.24, 2.45) is 5.92 Å². The smallest absolute Gasteiger partial charge is 0.0390 e. The Morgan fingerprint density at radius 1 is 0.545 bits per heavy atom. The summed E-state index contributed by atoms with van der Waals surface area (Å²) in [6.45, 7) is 0. The molecular weight excluding hydrogens is 398 g/mol. The Kier molecular flexibility index (Phi) is 5.01. The van der Waals surface area contributed by atoms with Gasteiger partial charge in [-0.1, -0.05) is 109 Å². The van der Waals surface area contributed by atoms with E-state index >= 15 is 0 Å². The molecule has 0 radical (unpaired) electrons. The number of fused-ring (bicyclic) bond motifs is 3. The first kappa shape index (κ1) is 19.6. The Labute approximate surface area is 195 Å². The van der Waals surface area contributed by atoms with Gasteiger partial charge in [0, 0.05) is 23.2 Å². The molecule has 1 N–H and O–H groups in total. The van der Waals surface area contributed by atoms with E-state index < -0.39 is 0 Å². The van der Waals surface area contributed by atoms with Crippen LogP contribution in [0.4, 0.5) is 11.4 Å². The molecule has 0 heterocycles. The van der Waals surface area contributed by atoms with Crippen LogP contribution in [0, 0.1) is 5.92 Å². The Morgan fingerprint density at radius 3 is 1.76 bits per heavy atom. The first-order chi connectivity index (χ1) is 16.4. The van der Waals surface area contributed by atoms with Gasteiger partial charge in [0.2, 0.25) is 0 Å². The minimum absolute atomic E-state index is 0.326. The van der Waals surface area contributed by atoms with Gasteiger partial charge in [0.25, 0.3) is 0 Å². The first-order valence-electron chi connectivity index (χ1n) is 11.5. The summed E-state index contributed by atoms with van der Waals surface area (Å²) in [6, 6.07) is 38.9. The van der Waals surface area contributed by atoms with Crippen LogP contribution in [0.5, 0.6) is 0 Å². The second-order valence-electron chi connectivity index (χ2n) is 8.64. The second-order valence-corrected chi connectivity index (χ2v) is 8.64. The third-order valence-electron chi connectivity index (χ3n) is 6.63. The van der Waals surface area contributed by atoms with Crippen LogP contribution in [0.2, 0.25) is 0 Å². The van der Waals surface area contributed by atoms with Gasteiger partial charge in [-0.25, -0.2) is 0 Å². The van der Waals surface area contributed by atoms with Crippen molar-refractivity contribution in [2.45, 2.75) is 5.92 Å². The largest absolute Gasteiger partial charge is 0.356 e. The predicted octanol–water partition coefficient (Wildman–Crippen LogP) is 8.23. The third-order valence-corrected chi connectivity index (χ3v) is 6.63. The molecule has 1 heteroatoms. The number of anilines is 2. The van der Waals surface area contributed by atoms with E-state index in [1.165, 1.54) is 33.4 Å². The number of benzene rings is 4. The first-order valence-corrected chi connectivity index (χ1v) is 11.5. The molecule has 0 saturated carbocycles. The Morgan fingerprint density at radius 2 is 1.12 bits per heavy atom. The van der Waals surface area contributed by atoms with Crippen LogP contribution in [0.3, 0.4) is 0 Å². The van der Waals surface area contributed by atoms with Crippen LogP contribution < -0.4 is 5.32 Å². The number of rotatable bonds is 4. The van der Waals surface area contributed by atoms with Gasteiger partial charge in [0.1, 0.15) is 0 Å². The van der Waals surface area contributed by atoms with Crippen molar-refractivity contribution in [3.05, 3.63) is 156 Å². The predicted molar refractivity (Wildman–Crippen MR) is 139 cm³/mol. The van der Waals surface area contributed by atoms with Crippen LogP contribution in [0.25, 0.3) is 11.1 Å². The maximum atomic E-state index is 3.60. The highest BCUT2D eigenvalue weighted by Crippen LogP contribution is 2.53. The van der Waals surface area contributed by atoms with E-state index in [9.17, 15) is 0 Å². The lowest BCUT2D eigenvalue weighted by Gasteiger charge is -2.21. The Bertz CT molecular complexity index is 1320. The molecule has 0 aromatic heterocycles. The van der Waals surface area contributed by atoms with Gasteiger partial charge in [-0.05, 0) is 57.7 Å². The van der Waals surface area contributed by atoms with Gasteiger partial charge in [0.15, 0.2) is 0 Å². The summed E-state index contributed by atoms with van der Waals surface area (Å²) in [4.78, 5) is 0. The van der Waals surface area contributed by atoms with Crippen LogP contribution in [-0.2, 0) is 0 Å². The summed E-state index contributed by atoms with van der Waals surface area (Å²) in [6.07, 6.45) is 9.11. The number of nitrogens with one attached hydrogen (secondary N) is 1. The topological polar surface area (TPSA) is 12.0 Å². The number of hydrogen-bond acceptors (Lipinski definition) is 1. The summed E-state index contributed by atoms with van der Waals surface area (Å²) in [5.41, 5.74) is 10.2. The van der Waals surface area contributed by atoms with Crippen LogP contribution in [0.1, 0.15) is 28.2 Å². The van der Waals surface area contributed by atoms with Crippen molar-refractivity contribution in [3.8, 4) is 0 Å². The molecular formula is C32H25N. The minimum atomic E-state index is 0.326. The number of para-hydroxylation sites is 1. The van der Waals surface area contributed by atoms with Gasteiger partial charge < -0.3 is 5.32 Å². The molecule has 0 amide bonds. The van der Waals surface area contributed by atoms with Crippen molar-refractivity contribution < 1.29 is 0 Å². The van der Waals surface area contributed by atoms with Crippen molar-refractivity contribution in [1.29, 1.82) is 0 Å². The molecule has 158 valence electrons. The minimum Gasteiger partial charge on any atom is -0.356 e. The average molecular weight is 424 g/mol. The zero-order valence-electron chi connectivity index (χ0n) is 18.4. The van der Waals surface area contributed by atoms with Crippen molar-refractivity contribution >= 4 is 22.5 Å². The van der Waals surface area contributed by atoms with Gasteiger partial charge in [-0.2, -0.15) is 0 Å². The summed E-state index contributed by atoms with van der Waals surface area (Å²) in [7, 11) is 0. The fourth-order valence-electron chi connectivity index (χ4n) is 5.19. The lowest BCUT2D eigenvalue weighted by atomic mass is 9.82. The third kappa shape index (κ3) is 3.62. The zero-order chi connectivity index (χ0) is 22.0. The molecule has 33 heavy (non-hydrogen) atoms. The summed E-state index contributed by atoms with van der Waals surface area (Å²) in [5, 5.41) is 3.60. The monoisotopic (exact) mass is 423 g/mol. The van der Waals surface area contributed by atoms with E-state index in [2.05, 4.69) is 133 Å². The van der Waals surface area contributed by atoms with E-state index in [0.717, 1.165) is 11.4 Å². The van der Waals surface area contributed by atoms with Gasteiger partial charge in [-0.15, -0.1) is 0 Å². The van der Waals surface area contributed by atoms with Gasteiger partial charge in [-0.3, -0.25) is 0 Å². The molecule has 0 spiro atoms.